The largest absolute Gasteiger partial charge is 0.481 e. The van der Waals surface area contributed by atoms with Crippen LogP contribution in [0.2, 0.25) is 0 Å². The van der Waals surface area contributed by atoms with E-state index in [2.05, 4.69) is 20.9 Å². The lowest BCUT2D eigenvalue weighted by Crippen LogP contribution is -2.58. The van der Waals surface area contributed by atoms with E-state index in [1.54, 1.807) is 18.3 Å². The number of aromatic amines is 1. The monoisotopic (exact) mass is 551 g/mol. The summed E-state index contributed by atoms with van der Waals surface area (Å²) in [5.41, 5.74) is 7.29. The van der Waals surface area contributed by atoms with E-state index in [4.69, 9.17) is 10.8 Å². The van der Waals surface area contributed by atoms with Gasteiger partial charge < -0.3 is 42.0 Å². The van der Waals surface area contributed by atoms with E-state index < -0.39 is 66.9 Å². The molecule has 4 atom stereocenters. The number of aliphatic hydroxyl groups excluding tert-OH is 1. The number of benzene rings is 1. The zero-order valence-corrected chi connectivity index (χ0v) is 21.6. The van der Waals surface area contributed by atoms with Crippen molar-refractivity contribution in [1.29, 1.82) is 0 Å². The summed E-state index contributed by atoms with van der Waals surface area (Å²) >= 11 is 1.49. The average molecular weight is 552 g/mol. The van der Waals surface area contributed by atoms with E-state index in [1.165, 1.54) is 11.8 Å². The van der Waals surface area contributed by atoms with E-state index in [1.807, 2.05) is 18.4 Å². The number of thioether (sulfide) groups is 1. The predicted molar refractivity (Wildman–Crippen MR) is 140 cm³/mol. The molecule has 9 N–H and O–H groups in total. The lowest BCUT2D eigenvalue weighted by atomic mass is 10.0. The molecule has 2 rings (SSSR count). The van der Waals surface area contributed by atoms with Crippen molar-refractivity contribution in [2.24, 2.45) is 5.73 Å². The van der Waals surface area contributed by atoms with E-state index in [0.717, 1.165) is 10.9 Å². The van der Waals surface area contributed by atoms with Gasteiger partial charge in [-0.15, -0.1) is 0 Å². The van der Waals surface area contributed by atoms with Gasteiger partial charge in [0.25, 0.3) is 0 Å². The second-order valence-corrected chi connectivity index (χ2v) is 9.57. The maximum atomic E-state index is 13.2. The first-order valence-electron chi connectivity index (χ1n) is 11.8. The van der Waals surface area contributed by atoms with Crippen LogP contribution in [0.4, 0.5) is 0 Å². The Bertz CT molecular complexity index is 1140. The quantitative estimate of drug-likeness (QED) is 0.129. The Balaban J connectivity index is 2.29. The highest BCUT2D eigenvalue weighted by Gasteiger charge is 2.31. The molecular weight excluding hydrogens is 518 g/mol. The summed E-state index contributed by atoms with van der Waals surface area (Å²) in [6, 6.07) is 2.06. The molecule has 4 unspecified atom stereocenters. The number of carbonyl (C=O) groups is 5. The van der Waals surface area contributed by atoms with Crippen LogP contribution in [0, 0.1) is 0 Å². The summed E-state index contributed by atoms with van der Waals surface area (Å²) in [5.74, 6) is -4.43. The highest BCUT2D eigenvalue weighted by molar-refractivity contribution is 7.98. The Kier molecular flexibility index (Phi) is 12.0. The number of carboxylic acid groups (broad SMARTS) is 2. The van der Waals surface area contributed by atoms with Gasteiger partial charge in [-0.05, 0) is 36.5 Å². The maximum Gasteiger partial charge on any atom is 0.328 e. The average Bonchev–Trinajstić information content (AvgIpc) is 3.29. The van der Waals surface area contributed by atoms with Gasteiger partial charge in [0.1, 0.15) is 18.1 Å². The van der Waals surface area contributed by atoms with Crippen molar-refractivity contribution < 1.29 is 39.3 Å². The fourth-order valence-electron chi connectivity index (χ4n) is 3.65. The lowest BCUT2D eigenvalue weighted by molar-refractivity contribution is -0.143. The molecule has 0 fully saturated rings. The Morgan fingerprint density at radius 2 is 1.58 bits per heavy atom. The maximum absolute atomic E-state index is 13.2. The van der Waals surface area contributed by atoms with Gasteiger partial charge in [-0.2, -0.15) is 11.8 Å². The summed E-state index contributed by atoms with van der Waals surface area (Å²) < 4.78 is 0. The van der Waals surface area contributed by atoms with E-state index in [9.17, 15) is 34.2 Å². The third kappa shape index (κ3) is 9.04. The van der Waals surface area contributed by atoms with Crippen LogP contribution in [0.25, 0.3) is 10.9 Å². The second kappa shape index (κ2) is 15.0. The molecule has 1 aromatic heterocycles. The molecule has 1 heterocycles. The molecule has 0 radical (unpaired) electrons. The molecule has 0 spiro atoms. The van der Waals surface area contributed by atoms with Crippen LogP contribution in [-0.4, -0.2) is 92.7 Å². The molecule has 0 aliphatic rings. The molecule has 0 aliphatic heterocycles. The van der Waals surface area contributed by atoms with Crippen LogP contribution < -0.4 is 21.7 Å². The van der Waals surface area contributed by atoms with Gasteiger partial charge in [-0.25, -0.2) is 4.79 Å². The molecule has 13 nitrogen and oxygen atoms in total. The van der Waals surface area contributed by atoms with Crippen molar-refractivity contribution in [2.45, 2.75) is 49.9 Å². The van der Waals surface area contributed by atoms with E-state index >= 15 is 0 Å². The lowest BCUT2D eigenvalue weighted by Gasteiger charge is -2.25. The fraction of sp³-hybridized carbons (Fsp3) is 0.458. The number of rotatable bonds is 16. The number of H-pyrrole nitrogens is 1. The minimum atomic E-state index is -1.61. The van der Waals surface area contributed by atoms with Gasteiger partial charge in [-0.3, -0.25) is 19.2 Å². The summed E-state index contributed by atoms with van der Waals surface area (Å²) in [6.45, 7) is -0.875. The van der Waals surface area contributed by atoms with Crippen molar-refractivity contribution >= 4 is 52.3 Å². The van der Waals surface area contributed by atoms with Crippen LogP contribution in [0.5, 0.6) is 0 Å². The molecule has 0 aliphatic carbocycles. The Hall–Kier alpha value is -3.62. The number of nitrogens with one attached hydrogen (secondary N) is 4. The van der Waals surface area contributed by atoms with Gasteiger partial charge in [-0.1, -0.05) is 18.2 Å². The third-order valence-electron chi connectivity index (χ3n) is 5.78. The van der Waals surface area contributed by atoms with Crippen LogP contribution in [-0.2, 0) is 30.4 Å². The molecule has 14 heteroatoms. The van der Waals surface area contributed by atoms with Crippen LogP contribution in [0.3, 0.4) is 0 Å². The fourth-order valence-corrected chi connectivity index (χ4v) is 4.14. The van der Waals surface area contributed by atoms with E-state index in [0.29, 0.717) is 17.7 Å². The summed E-state index contributed by atoms with van der Waals surface area (Å²) in [4.78, 5) is 64.3. The number of carboxylic acids is 2. The van der Waals surface area contributed by atoms with Crippen molar-refractivity contribution in [1.82, 2.24) is 20.9 Å². The first-order chi connectivity index (χ1) is 18.1. The van der Waals surface area contributed by atoms with Crippen molar-refractivity contribution in [3.8, 4) is 0 Å². The van der Waals surface area contributed by atoms with Crippen LogP contribution in [0.15, 0.2) is 30.5 Å². The van der Waals surface area contributed by atoms with Gasteiger partial charge >= 0.3 is 11.9 Å². The number of fused-ring (bicyclic) bond motifs is 1. The number of nitrogens with two attached hydrogens (primary N) is 1. The highest BCUT2D eigenvalue weighted by Crippen LogP contribution is 2.19. The molecule has 0 bridgehead atoms. The van der Waals surface area contributed by atoms with Crippen LogP contribution in [0.1, 0.15) is 24.8 Å². The summed E-state index contributed by atoms with van der Waals surface area (Å²) in [6.07, 6.45) is 3.06. The van der Waals surface area contributed by atoms with Gasteiger partial charge in [0, 0.05) is 29.9 Å². The number of hydrogen-bond acceptors (Lipinski definition) is 8. The number of aliphatic hydroxyl groups is 1. The minimum Gasteiger partial charge on any atom is -0.481 e. The normalized spacial score (nSPS) is 14.2. The van der Waals surface area contributed by atoms with E-state index in [-0.39, 0.29) is 12.8 Å². The molecule has 208 valence electrons. The number of amides is 3. The molecule has 0 saturated heterocycles. The highest BCUT2D eigenvalue weighted by atomic mass is 32.2. The molecular formula is C24H33N5O8S. The van der Waals surface area contributed by atoms with Crippen molar-refractivity contribution in [2.75, 3.05) is 18.6 Å². The number of para-hydroxylation sites is 1. The van der Waals surface area contributed by atoms with Crippen molar-refractivity contribution in [3.05, 3.63) is 36.0 Å². The first-order valence-corrected chi connectivity index (χ1v) is 13.2. The number of hydrogen-bond donors (Lipinski definition) is 8. The molecule has 1 aromatic carbocycles. The van der Waals surface area contributed by atoms with Gasteiger partial charge in [0.05, 0.1) is 12.6 Å². The topological polar surface area (TPSA) is 224 Å². The smallest absolute Gasteiger partial charge is 0.328 e. The standard InChI is InChI=1S/C24H33N5O8S/c1-38-9-8-15(25)21(33)27-17(6-7-20(31)32)22(34)28-18(23(35)29-19(12-30)24(36)37)10-13-11-26-16-5-3-2-4-14(13)16/h2-5,11,15,17-19,26,30H,6-10,12,25H2,1H3,(H,27,33)(H,28,34)(H,29,35)(H,31,32)(H,36,37). The molecule has 0 saturated carbocycles. The summed E-state index contributed by atoms with van der Waals surface area (Å²) in [5, 5.41) is 35.6. The van der Waals surface area contributed by atoms with Crippen molar-refractivity contribution in [3.63, 3.8) is 0 Å². The second-order valence-electron chi connectivity index (χ2n) is 8.59. The number of carbonyl (C=O) groups excluding carboxylic acids is 3. The van der Waals surface area contributed by atoms with Gasteiger partial charge in [0.2, 0.25) is 17.7 Å². The number of aromatic nitrogens is 1. The Morgan fingerprint density at radius 3 is 2.21 bits per heavy atom. The first kappa shape index (κ1) is 30.6. The SMILES string of the molecule is CSCCC(N)C(=O)NC(CCC(=O)O)C(=O)NC(Cc1c[nH]c2ccccc12)C(=O)NC(CO)C(=O)O. The van der Waals surface area contributed by atoms with Gasteiger partial charge in [0.15, 0.2) is 0 Å². The zero-order chi connectivity index (χ0) is 28.2. The Morgan fingerprint density at radius 1 is 0.947 bits per heavy atom. The minimum absolute atomic E-state index is 0.0633. The molecule has 38 heavy (non-hydrogen) atoms. The molecule has 2 aromatic rings. The van der Waals surface area contributed by atoms with Crippen LogP contribution >= 0.6 is 11.8 Å². The number of aliphatic carboxylic acids is 2. The zero-order valence-electron chi connectivity index (χ0n) is 20.8. The predicted octanol–water partition coefficient (Wildman–Crippen LogP) is -0.813. The molecule has 3 amide bonds. The third-order valence-corrected chi connectivity index (χ3v) is 6.42. The Labute approximate surface area is 222 Å². The summed E-state index contributed by atoms with van der Waals surface area (Å²) in [7, 11) is 0.